The monoisotopic (exact) mass is 221 g/mol. The summed E-state index contributed by atoms with van der Waals surface area (Å²) < 4.78 is 0. The summed E-state index contributed by atoms with van der Waals surface area (Å²) in [6.45, 7) is 3.42. The van der Waals surface area contributed by atoms with Crippen molar-refractivity contribution in [3.63, 3.8) is 0 Å². The lowest BCUT2D eigenvalue weighted by Crippen LogP contribution is -2.44. The Kier molecular flexibility index (Phi) is 3.05. The zero-order chi connectivity index (χ0) is 11.5. The van der Waals surface area contributed by atoms with Gasteiger partial charge in [-0.15, -0.1) is 5.17 Å². The molecule has 16 heavy (non-hydrogen) atoms. The van der Waals surface area contributed by atoms with Gasteiger partial charge in [0.2, 0.25) is 0 Å². The summed E-state index contributed by atoms with van der Waals surface area (Å²) >= 11 is 0. The Morgan fingerprint density at radius 3 is 3.25 bits per heavy atom. The van der Waals surface area contributed by atoms with E-state index in [1.54, 1.807) is 6.20 Å². The molecular formula is C11H15N3O2. The summed E-state index contributed by atoms with van der Waals surface area (Å²) in [7, 11) is 0. The fourth-order valence-corrected chi connectivity index (χ4v) is 1.70. The average molecular weight is 221 g/mol. The van der Waals surface area contributed by atoms with Crippen LogP contribution in [0.2, 0.25) is 0 Å². The molecule has 2 rings (SSSR count). The molecule has 0 aliphatic carbocycles. The quantitative estimate of drug-likeness (QED) is 0.772. The first-order valence-electron chi connectivity index (χ1n) is 5.35. The van der Waals surface area contributed by atoms with E-state index in [4.69, 9.17) is 4.84 Å². The van der Waals surface area contributed by atoms with Crippen molar-refractivity contribution in [1.29, 1.82) is 0 Å². The maximum Gasteiger partial charge on any atom is 0.331 e. The minimum absolute atomic E-state index is 0.244. The lowest BCUT2D eigenvalue weighted by Gasteiger charge is -2.23. The molecule has 1 aromatic rings. The second kappa shape index (κ2) is 4.49. The van der Waals surface area contributed by atoms with Gasteiger partial charge in [0.15, 0.2) is 5.82 Å². The van der Waals surface area contributed by atoms with Gasteiger partial charge in [-0.2, -0.15) is 5.43 Å². The van der Waals surface area contributed by atoms with Gasteiger partial charge in [0, 0.05) is 19.2 Å². The van der Waals surface area contributed by atoms with Crippen molar-refractivity contribution in [2.45, 2.75) is 32.7 Å². The lowest BCUT2D eigenvalue weighted by atomic mass is 10.1. The molecular weight excluding hydrogens is 206 g/mol. The van der Waals surface area contributed by atoms with E-state index in [0.717, 1.165) is 18.4 Å². The SMILES string of the molecule is CC(=O)ON1NC(C)CCc2cccnc21. The highest BCUT2D eigenvalue weighted by Crippen LogP contribution is 2.21. The second-order valence-electron chi connectivity index (χ2n) is 3.93. The van der Waals surface area contributed by atoms with Crippen LogP contribution in [0, 0.1) is 0 Å². The highest BCUT2D eigenvalue weighted by molar-refractivity contribution is 5.67. The van der Waals surface area contributed by atoms with E-state index in [2.05, 4.69) is 10.4 Å². The molecule has 0 amide bonds. The van der Waals surface area contributed by atoms with E-state index in [1.165, 1.54) is 12.1 Å². The number of hydrogen-bond donors (Lipinski definition) is 1. The molecule has 2 heterocycles. The van der Waals surface area contributed by atoms with Crippen LogP contribution in [0.4, 0.5) is 5.82 Å². The molecule has 1 atom stereocenters. The van der Waals surface area contributed by atoms with Gasteiger partial charge >= 0.3 is 5.97 Å². The number of anilines is 1. The zero-order valence-electron chi connectivity index (χ0n) is 9.43. The summed E-state index contributed by atoms with van der Waals surface area (Å²) in [5.74, 6) is 0.306. The molecule has 1 aromatic heterocycles. The number of hydrazine groups is 1. The van der Waals surface area contributed by atoms with E-state index >= 15 is 0 Å². The van der Waals surface area contributed by atoms with Gasteiger partial charge in [-0.3, -0.25) is 0 Å². The Labute approximate surface area is 94.3 Å². The number of rotatable bonds is 1. The second-order valence-corrected chi connectivity index (χ2v) is 3.93. The third kappa shape index (κ3) is 2.30. The van der Waals surface area contributed by atoms with Gasteiger partial charge in [-0.25, -0.2) is 9.78 Å². The van der Waals surface area contributed by atoms with E-state index in [1.807, 2.05) is 19.1 Å². The Morgan fingerprint density at radius 2 is 2.50 bits per heavy atom. The molecule has 0 aromatic carbocycles. The number of fused-ring (bicyclic) bond motifs is 1. The molecule has 0 bridgehead atoms. The molecule has 0 radical (unpaired) electrons. The molecule has 86 valence electrons. The lowest BCUT2D eigenvalue weighted by molar-refractivity contribution is -0.144. The van der Waals surface area contributed by atoms with Crippen molar-refractivity contribution in [2.24, 2.45) is 0 Å². The topological polar surface area (TPSA) is 54.5 Å². The Balaban J connectivity index is 2.31. The Hall–Kier alpha value is -1.62. The highest BCUT2D eigenvalue weighted by atomic mass is 16.7. The van der Waals surface area contributed by atoms with Crippen LogP contribution >= 0.6 is 0 Å². The van der Waals surface area contributed by atoms with Crippen molar-refractivity contribution in [3.8, 4) is 0 Å². The zero-order valence-corrected chi connectivity index (χ0v) is 9.43. The molecule has 0 spiro atoms. The number of nitrogens with zero attached hydrogens (tertiary/aromatic N) is 2. The van der Waals surface area contributed by atoms with Crippen molar-refractivity contribution in [3.05, 3.63) is 23.9 Å². The number of aromatic nitrogens is 1. The molecule has 5 heteroatoms. The van der Waals surface area contributed by atoms with Crippen LogP contribution < -0.4 is 10.6 Å². The summed E-state index contributed by atoms with van der Waals surface area (Å²) in [5.41, 5.74) is 4.18. The van der Waals surface area contributed by atoms with Gasteiger partial charge in [0.1, 0.15) is 0 Å². The van der Waals surface area contributed by atoms with Crippen LogP contribution in [0.1, 0.15) is 25.8 Å². The minimum atomic E-state index is -0.363. The Bertz CT molecular complexity index is 395. The number of aryl methyl sites for hydroxylation is 1. The molecule has 0 saturated carbocycles. The third-order valence-corrected chi connectivity index (χ3v) is 2.46. The number of carbonyl (C=O) groups is 1. The van der Waals surface area contributed by atoms with Gasteiger partial charge in [-0.1, -0.05) is 6.07 Å². The Morgan fingerprint density at radius 1 is 1.69 bits per heavy atom. The number of pyridine rings is 1. The van der Waals surface area contributed by atoms with Crippen LogP contribution in [0.15, 0.2) is 18.3 Å². The first-order valence-corrected chi connectivity index (χ1v) is 5.35. The molecule has 0 saturated heterocycles. The molecule has 1 aliphatic heterocycles. The number of carbonyl (C=O) groups excluding carboxylic acids is 1. The summed E-state index contributed by atoms with van der Waals surface area (Å²) in [4.78, 5) is 20.3. The van der Waals surface area contributed by atoms with Gasteiger partial charge in [0.05, 0.1) is 0 Å². The molecule has 1 aliphatic rings. The van der Waals surface area contributed by atoms with E-state index in [9.17, 15) is 4.79 Å². The third-order valence-electron chi connectivity index (χ3n) is 2.46. The van der Waals surface area contributed by atoms with Crippen LogP contribution in [0.25, 0.3) is 0 Å². The fourth-order valence-electron chi connectivity index (χ4n) is 1.70. The van der Waals surface area contributed by atoms with Crippen LogP contribution in [0.3, 0.4) is 0 Å². The normalized spacial score (nSPS) is 19.9. The predicted octanol–water partition coefficient (Wildman–Crippen LogP) is 1.21. The van der Waals surface area contributed by atoms with Crippen LogP contribution in [-0.2, 0) is 16.1 Å². The first kappa shape index (κ1) is 10.9. The maximum atomic E-state index is 11.0. The first-order chi connectivity index (χ1) is 7.66. The van der Waals surface area contributed by atoms with Crippen LogP contribution in [-0.4, -0.2) is 17.0 Å². The molecule has 1 unspecified atom stereocenters. The minimum Gasteiger partial charge on any atom is -0.324 e. The van der Waals surface area contributed by atoms with Crippen molar-refractivity contribution >= 4 is 11.8 Å². The summed E-state index contributed by atoms with van der Waals surface area (Å²) in [5, 5.41) is 1.37. The van der Waals surface area contributed by atoms with Crippen molar-refractivity contribution in [2.75, 3.05) is 5.17 Å². The summed E-state index contributed by atoms with van der Waals surface area (Å²) in [6, 6.07) is 4.13. The fraction of sp³-hybridized carbons (Fsp3) is 0.455. The largest absolute Gasteiger partial charge is 0.331 e. The van der Waals surface area contributed by atoms with E-state index in [0.29, 0.717) is 5.82 Å². The van der Waals surface area contributed by atoms with E-state index in [-0.39, 0.29) is 12.0 Å². The van der Waals surface area contributed by atoms with Crippen LogP contribution in [0.5, 0.6) is 0 Å². The number of nitrogens with one attached hydrogen (secondary N) is 1. The highest BCUT2D eigenvalue weighted by Gasteiger charge is 2.21. The maximum absolute atomic E-state index is 11.0. The molecule has 0 fully saturated rings. The molecule has 1 N–H and O–H groups in total. The van der Waals surface area contributed by atoms with Crippen molar-refractivity contribution in [1.82, 2.24) is 10.4 Å². The van der Waals surface area contributed by atoms with Gasteiger partial charge in [-0.05, 0) is 31.4 Å². The number of hydrogen-bond acceptors (Lipinski definition) is 5. The summed E-state index contributed by atoms with van der Waals surface area (Å²) in [6.07, 6.45) is 3.60. The van der Waals surface area contributed by atoms with Crippen molar-refractivity contribution < 1.29 is 9.63 Å². The van der Waals surface area contributed by atoms with Gasteiger partial charge < -0.3 is 4.84 Å². The standard InChI is InChI=1S/C11H15N3O2/c1-8-5-6-10-4-3-7-12-11(10)14(13-8)16-9(2)15/h3-4,7-8,13H,5-6H2,1-2H3. The average Bonchev–Trinajstić information content (AvgIpc) is 2.39. The molecule has 5 nitrogen and oxygen atoms in total. The van der Waals surface area contributed by atoms with E-state index < -0.39 is 0 Å². The van der Waals surface area contributed by atoms with Gasteiger partial charge in [0.25, 0.3) is 0 Å². The predicted molar refractivity (Wildman–Crippen MR) is 59.4 cm³/mol. The smallest absolute Gasteiger partial charge is 0.324 e.